The van der Waals surface area contributed by atoms with Gasteiger partial charge in [0.15, 0.2) is 0 Å². The molecule has 0 aliphatic carbocycles. The van der Waals surface area contributed by atoms with Gasteiger partial charge in [0, 0.05) is 15.6 Å². The predicted octanol–water partition coefficient (Wildman–Crippen LogP) is 4.29. The van der Waals surface area contributed by atoms with E-state index in [0.717, 1.165) is 16.1 Å². The average Bonchev–Trinajstić information content (AvgIpc) is 2.52. The van der Waals surface area contributed by atoms with Gasteiger partial charge in [-0.2, -0.15) is 0 Å². The van der Waals surface area contributed by atoms with Gasteiger partial charge < -0.3 is 5.32 Å². The lowest BCUT2D eigenvalue weighted by atomic mass is 9.94. The maximum atomic E-state index is 12.9. The van der Waals surface area contributed by atoms with Gasteiger partial charge in [0.2, 0.25) is 15.9 Å². The molecule has 0 aliphatic rings. The SMILES string of the molecule is C[C@@H](C(=O)NC(C)(C)Cc1ccccc1)N(c1cc(Cl)cc(Cl)c1)S(C)(=O)=O. The smallest absolute Gasteiger partial charge is 0.244 e. The maximum absolute atomic E-state index is 12.9. The molecule has 5 nitrogen and oxygen atoms in total. The third-order valence-corrected chi connectivity index (χ3v) is 5.82. The number of anilines is 1. The van der Waals surface area contributed by atoms with E-state index in [1.165, 1.54) is 25.1 Å². The monoisotopic (exact) mass is 442 g/mol. The summed E-state index contributed by atoms with van der Waals surface area (Å²) in [6, 6.07) is 13.2. The number of hydrogen-bond donors (Lipinski definition) is 1. The van der Waals surface area contributed by atoms with Crippen molar-refractivity contribution in [3.63, 3.8) is 0 Å². The molecule has 0 radical (unpaired) electrons. The Morgan fingerprint density at radius 3 is 2.14 bits per heavy atom. The molecule has 0 unspecified atom stereocenters. The number of rotatable bonds is 7. The van der Waals surface area contributed by atoms with E-state index in [1.54, 1.807) is 0 Å². The lowest BCUT2D eigenvalue weighted by molar-refractivity contribution is -0.123. The predicted molar refractivity (Wildman–Crippen MR) is 116 cm³/mol. The molecule has 1 N–H and O–H groups in total. The number of sulfonamides is 1. The second kappa shape index (κ2) is 8.72. The Hall–Kier alpha value is -1.76. The van der Waals surface area contributed by atoms with Gasteiger partial charge in [-0.15, -0.1) is 0 Å². The van der Waals surface area contributed by atoms with Crippen molar-refractivity contribution in [2.24, 2.45) is 0 Å². The number of halogens is 2. The Kier molecular flexibility index (Phi) is 7.02. The lowest BCUT2D eigenvalue weighted by Crippen LogP contribution is -2.54. The molecule has 2 rings (SSSR count). The zero-order chi connectivity index (χ0) is 21.1. The van der Waals surface area contributed by atoms with Crippen molar-refractivity contribution in [2.45, 2.75) is 38.8 Å². The van der Waals surface area contributed by atoms with E-state index in [2.05, 4.69) is 5.32 Å². The fraction of sp³-hybridized carbons (Fsp3) is 0.350. The normalized spacial score (nSPS) is 13.1. The number of hydrogen-bond acceptors (Lipinski definition) is 3. The molecule has 0 saturated heterocycles. The van der Waals surface area contributed by atoms with Gasteiger partial charge in [-0.05, 0) is 51.0 Å². The minimum Gasteiger partial charge on any atom is -0.349 e. The van der Waals surface area contributed by atoms with Crippen LogP contribution in [-0.4, -0.2) is 32.2 Å². The summed E-state index contributed by atoms with van der Waals surface area (Å²) in [5.74, 6) is -0.414. The van der Waals surface area contributed by atoms with Gasteiger partial charge in [0.05, 0.1) is 11.9 Å². The molecule has 0 fully saturated rings. The highest BCUT2D eigenvalue weighted by molar-refractivity contribution is 7.92. The molecular formula is C20H24Cl2N2O3S. The number of benzene rings is 2. The summed E-state index contributed by atoms with van der Waals surface area (Å²) in [5, 5.41) is 3.52. The Balaban J connectivity index is 2.26. The zero-order valence-electron chi connectivity index (χ0n) is 16.2. The molecular weight excluding hydrogens is 419 g/mol. The number of amides is 1. The first-order valence-electron chi connectivity index (χ1n) is 8.70. The fourth-order valence-corrected chi connectivity index (χ4v) is 4.74. The van der Waals surface area contributed by atoms with Crippen LogP contribution < -0.4 is 9.62 Å². The molecule has 0 bridgehead atoms. The van der Waals surface area contributed by atoms with E-state index in [0.29, 0.717) is 6.42 Å². The van der Waals surface area contributed by atoms with E-state index in [4.69, 9.17) is 23.2 Å². The number of carbonyl (C=O) groups excluding carboxylic acids is 1. The first kappa shape index (κ1) is 22.5. The quantitative estimate of drug-likeness (QED) is 0.695. The second-order valence-corrected chi connectivity index (χ2v) is 10.1. The molecule has 1 atom stereocenters. The second-order valence-electron chi connectivity index (χ2n) is 7.40. The van der Waals surface area contributed by atoms with Crippen LogP contribution in [0.15, 0.2) is 48.5 Å². The molecule has 0 saturated carbocycles. The summed E-state index contributed by atoms with van der Waals surface area (Å²) >= 11 is 12.0. The molecule has 2 aromatic rings. The molecule has 2 aromatic carbocycles. The molecule has 152 valence electrons. The molecule has 8 heteroatoms. The van der Waals surface area contributed by atoms with Gasteiger partial charge in [-0.25, -0.2) is 8.42 Å². The van der Waals surface area contributed by atoms with Crippen molar-refractivity contribution >= 4 is 44.8 Å². The minimum absolute atomic E-state index is 0.239. The highest BCUT2D eigenvalue weighted by atomic mass is 35.5. The molecule has 28 heavy (non-hydrogen) atoms. The fourth-order valence-electron chi connectivity index (χ4n) is 3.06. The van der Waals surface area contributed by atoms with Gasteiger partial charge >= 0.3 is 0 Å². The Bertz CT molecular complexity index is 927. The first-order valence-corrected chi connectivity index (χ1v) is 11.3. The van der Waals surface area contributed by atoms with E-state index < -0.39 is 27.5 Å². The maximum Gasteiger partial charge on any atom is 0.244 e. The number of nitrogens with zero attached hydrogens (tertiary/aromatic N) is 1. The highest BCUT2D eigenvalue weighted by Gasteiger charge is 2.32. The van der Waals surface area contributed by atoms with Crippen LogP contribution in [0.5, 0.6) is 0 Å². The number of nitrogens with one attached hydrogen (secondary N) is 1. The van der Waals surface area contributed by atoms with Crippen LogP contribution in [0.2, 0.25) is 10.0 Å². The summed E-state index contributed by atoms with van der Waals surface area (Å²) in [7, 11) is -3.75. The summed E-state index contributed by atoms with van der Waals surface area (Å²) in [6.45, 7) is 5.32. The first-order chi connectivity index (χ1) is 12.9. The molecule has 0 spiro atoms. The third kappa shape index (κ3) is 6.12. The molecule has 1 amide bonds. The minimum atomic E-state index is -3.75. The van der Waals surface area contributed by atoms with Crippen molar-refractivity contribution in [3.05, 3.63) is 64.1 Å². The van der Waals surface area contributed by atoms with Crippen molar-refractivity contribution in [1.82, 2.24) is 5.32 Å². The lowest BCUT2D eigenvalue weighted by Gasteiger charge is -2.33. The van der Waals surface area contributed by atoms with Crippen molar-refractivity contribution < 1.29 is 13.2 Å². The molecule has 0 heterocycles. The highest BCUT2D eigenvalue weighted by Crippen LogP contribution is 2.29. The van der Waals surface area contributed by atoms with Crippen LogP contribution in [0, 0.1) is 0 Å². The molecule has 0 aliphatic heterocycles. The van der Waals surface area contributed by atoms with E-state index in [9.17, 15) is 13.2 Å². The third-order valence-electron chi connectivity index (χ3n) is 4.14. The summed E-state index contributed by atoms with van der Waals surface area (Å²) < 4.78 is 25.9. The summed E-state index contributed by atoms with van der Waals surface area (Å²) in [6.07, 6.45) is 1.65. The van der Waals surface area contributed by atoms with Crippen molar-refractivity contribution in [2.75, 3.05) is 10.6 Å². The van der Waals surface area contributed by atoms with Crippen LogP contribution in [0.3, 0.4) is 0 Å². The van der Waals surface area contributed by atoms with E-state index >= 15 is 0 Å². The van der Waals surface area contributed by atoms with Crippen LogP contribution in [0.1, 0.15) is 26.3 Å². The standard InChI is InChI=1S/C20H24Cl2N2O3S/c1-14(19(25)23-20(2,3)13-15-8-6-5-7-9-15)24(28(4,26)27)18-11-16(21)10-17(22)12-18/h5-12,14H,13H2,1-4H3,(H,23,25)/t14-/m0/s1. The summed E-state index contributed by atoms with van der Waals surface area (Å²) in [5.41, 5.74) is 0.743. The Labute approximate surface area is 176 Å². The van der Waals surface area contributed by atoms with Crippen LogP contribution in [0.4, 0.5) is 5.69 Å². The summed E-state index contributed by atoms with van der Waals surface area (Å²) in [4.78, 5) is 12.9. The van der Waals surface area contributed by atoms with Crippen LogP contribution >= 0.6 is 23.2 Å². The Morgan fingerprint density at radius 2 is 1.64 bits per heavy atom. The van der Waals surface area contributed by atoms with Crippen LogP contribution in [-0.2, 0) is 21.2 Å². The van der Waals surface area contributed by atoms with Crippen molar-refractivity contribution in [3.8, 4) is 0 Å². The number of carbonyl (C=O) groups is 1. The van der Waals surface area contributed by atoms with Gasteiger partial charge in [-0.1, -0.05) is 53.5 Å². The van der Waals surface area contributed by atoms with Gasteiger partial charge in [0.1, 0.15) is 6.04 Å². The van der Waals surface area contributed by atoms with E-state index in [1.807, 2.05) is 44.2 Å². The van der Waals surface area contributed by atoms with E-state index in [-0.39, 0.29) is 15.7 Å². The zero-order valence-corrected chi connectivity index (χ0v) is 18.6. The van der Waals surface area contributed by atoms with Gasteiger partial charge in [0.25, 0.3) is 0 Å². The largest absolute Gasteiger partial charge is 0.349 e. The average molecular weight is 443 g/mol. The topological polar surface area (TPSA) is 66.5 Å². The molecule has 0 aromatic heterocycles. The Morgan fingerprint density at radius 1 is 1.11 bits per heavy atom. The van der Waals surface area contributed by atoms with Crippen LogP contribution in [0.25, 0.3) is 0 Å². The van der Waals surface area contributed by atoms with Crippen molar-refractivity contribution in [1.29, 1.82) is 0 Å². The van der Waals surface area contributed by atoms with Gasteiger partial charge in [-0.3, -0.25) is 9.10 Å².